The first-order valence-corrected chi connectivity index (χ1v) is 5.11. The Labute approximate surface area is 92.6 Å². The summed E-state index contributed by atoms with van der Waals surface area (Å²) in [5.74, 6) is 0. The van der Waals surface area contributed by atoms with E-state index in [0.717, 1.165) is 5.56 Å². The molecule has 0 atom stereocenters. The minimum absolute atomic E-state index is 0.500. The summed E-state index contributed by atoms with van der Waals surface area (Å²) in [6, 6.07) is 9.62. The lowest BCUT2D eigenvalue weighted by molar-refractivity contribution is 0.0786. The van der Waals surface area contributed by atoms with E-state index in [0.29, 0.717) is 0 Å². The van der Waals surface area contributed by atoms with Gasteiger partial charge in [0.2, 0.25) is 0 Å². The zero-order chi connectivity index (χ0) is 12.1. The maximum absolute atomic E-state index is 9.49. The van der Waals surface area contributed by atoms with Crippen molar-refractivity contribution in [3.63, 3.8) is 0 Å². The normalized spacial score (nSPS) is 11.7. The summed E-state index contributed by atoms with van der Waals surface area (Å²) >= 11 is 0. The molecule has 0 bridgehead atoms. The Kier molecular flexibility index (Phi) is 4.98. The summed E-state index contributed by atoms with van der Waals surface area (Å²) in [5, 5.41) is 18.0. The van der Waals surface area contributed by atoms with Crippen LogP contribution in [0.2, 0.25) is 0 Å². The lowest BCUT2D eigenvalue weighted by atomic mass is 9.99. The van der Waals surface area contributed by atoms with Crippen molar-refractivity contribution in [2.45, 2.75) is 45.8 Å². The van der Waals surface area contributed by atoms with Crippen molar-refractivity contribution in [2.24, 2.45) is 0 Å². The molecule has 1 aromatic carbocycles. The van der Waals surface area contributed by atoms with Crippen molar-refractivity contribution in [3.8, 4) is 0 Å². The van der Waals surface area contributed by atoms with Gasteiger partial charge in [-0.2, -0.15) is 0 Å². The van der Waals surface area contributed by atoms with Gasteiger partial charge in [-0.15, -0.1) is 0 Å². The van der Waals surface area contributed by atoms with Crippen molar-refractivity contribution in [1.29, 1.82) is 0 Å². The molecule has 0 saturated heterocycles. The summed E-state index contributed by atoms with van der Waals surface area (Å²) in [7, 11) is 0. The maximum atomic E-state index is 9.49. The van der Waals surface area contributed by atoms with E-state index >= 15 is 0 Å². The number of hydrogen-bond acceptors (Lipinski definition) is 2. The van der Waals surface area contributed by atoms with Gasteiger partial charge in [0, 0.05) is 0 Å². The number of hydrogen-bond donors (Lipinski definition) is 2. The van der Waals surface area contributed by atoms with Crippen molar-refractivity contribution >= 4 is 0 Å². The largest absolute Gasteiger partial charge is 0.391 e. The van der Waals surface area contributed by atoms with Crippen LogP contribution in [0.4, 0.5) is 0 Å². The Morgan fingerprint density at radius 2 is 1.13 bits per heavy atom. The molecule has 0 aliphatic rings. The van der Waals surface area contributed by atoms with E-state index in [1.165, 1.54) is 0 Å². The molecule has 0 aromatic heterocycles. The van der Waals surface area contributed by atoms with Gasteiger partial charge in [0.15, 0.2) is 0 Å². The van der Waals surface area contributed by atoms with Gasteiger partial charge in [0.25, 0.3) is 0 Å². The van der Waals surface area contributed by atoms with Gasteiger partial charge in [-0.05, 0) is 40.2 Å². The molecule has 1 rings (SSSR count). The van der Waals surface area contributed by atoms with Crippen LogP contribution in [0.15, 0.2) is 30.3 Å². The van der Waals surface area contributed by atoms with Gasteiger partial charge in [-0.25, -0.2) is 0 Å². The average molecular weight is 210 g/mol. The van der Waals surface area contributed by atoms with Crippen molar-refractivity contribution in [3.05, 3.63) is 35.9 Å². The molecule has 2 N–H and O–H groups in total. The van der Waals surface area contributed by atoms with E-state index in [1.54, 1.807) is 34.6 Å². The fourth-order valence-electron chi connectivity index (χ4n) is 0.846. The predicted molar refractivity (Wildman–Crippen MR) is 63.7 cm³/mol. The molecular formula is C13H22O2. The van der Waals surface area contributed by atoms with Gasteiger partial charge in [-0.3, -0.25) is 0 Å². The van der Waals surface area contributed by atoms with Crippen LogP contribution in [-0.2, 0) is 5.60 Å². The van der Waals surface area contributed by atoms with Crippen molar-refractivity contribution in [1.82, 2.24) is 0 Å². The van der Waals surface area contributed by atoms with Crippen LogP contribution in [0.3, 0.4) is 0 Å². The van der Waals surface area contributed by atoms with Crippen LogP contribution < -0.4 is 0 Å². The zero-order valence-electron chi connectivity index (χ0n) is 10.3. The van der Waals surface area contributed by atoms with Crippen LogP contribution in [-0.4, -0.2) is 15.8 Å². The van der Waals surface area contributed by atoms with E-state index in [-0.39, 0.29) is 0 Å². The summed E-state index contributed by atoms with van der Waals surface area (Å²) in [5.41, 5.74) is -0.253. The first-order valence-electron chi connectivity index (χ1n) is 5.11. The number of benzene rings is 1. The van der Waals surface area contributed by atoms with Gasteiger partial charge in [0.1, 0.15) is 0 Å². The average Bonchev–Trinajstić information content (AvgIpc) is 2.01. The van der Waals surface area contributed by atoms with Gasteiger partial charge in [0.05, 0.1) is 11.2 Å². The van der Waals surface area contributed by atoms with Crippen LogP contribution >= 0.6 is 0 Å². The molecule has 0 aliphatic carbocycles. The second kappa shape index (κ2) is 5.29. The molecule has 0 fully saturated rings. The Morgan fingerprint density at radius 1 is 0.800 bits per heavy atom. The quantitative estimate of drug-likeness (QED) is 0.748. The van der Waals surface area contributed by atoms with Gasteiger partial charge < -0.3 is 10.2 Å². The fourth-order valence-corrected chi connectivity index (χ4v) is 0.846. The highest BCUT2D eigenvalue weighted by Crippen LogP contribution is 2.17. The summed E-state index contributed by atoms with van der Waals surface area (Å²) in [6.45, 7) is 8.79. The molecule has 15 heavy (non-hydrogen) atoms. The molecule has 0 heterocycles. The highest BCUT2D eigenvalue weighted by atomic mass is 16.3. The second-order valence-corrected chi connectivity index (χ2v) is 5.10. The SMILES string of the molecule is CC(C)(C)O.CC(C)(O)c1ccccc1. The monoisotopic (exact) mass is 210 g/mol. The molecule has 0 aliphatic heterocycles. The van der Waals surface area contributed by atoms with Gasteiger partial charge in [-0.1, -0.05) is 30.3 Å². The molecule has 0 unspecified atom stereocenters. The smallest absolute Gasteiger partial charge is 0.0840 e. The maximum Gasteiger partial charge on any atom is 0.0840 e. The third-order valence-electron chi connectivity index (χ3n) is 1.48. The van der Waals surface area contributed by atoms with Crippen LogP contribution in [0, 0.1) is 0 Å². The van der Waals surface area contributed by atoms with E-state index in [1.807, 2.05) is 30.3 Å². The van der Waals surface area contributed by atoms with E-state index in [2.05, 4.69) is 0 Å². The topological polar surface area (TPSA) is 40.5 Å². The molecule has 0 spiro atoms. The highest BCUT2D eigenvalue weighted by molar-refractivity contribution is 5.20. The second-order valence-electron chi connectivity index (χ2n) is 5.10. The molecule has 2 nitrogen and oxygen atoms in total. The molecule has 0 radical (unpaired) electrons. The Balaban J connectivity index is 0.000000336. The lowest BCUT2D eigenvalue weighted by Gasteiger charge is -2.16. The van der Waals surface area contributed by atoms with Crippen molar-refractivity contribution < 1.29 is 10.2 Å². The third kappa shape index (κ3) is 9.44. The van der Waals surface area contributed by atoms with E-state index in [9.17, 15) is 5.11 Å². The van der Waals surface area contributed by atoms with Crippen LogP contribution in [0.1, 0.15) is 40.2 Å². The summed E-state index contributed by atoms with van der Waals surface area (Å²) in [6.07, 6.45) is 0. The summed E-state index contributed by atoms with van der Waals surface area (Å²) in [4.78, 5) is 0. The Hall–Kier alpha value is -0.860. The van der Waals surface area contributed by atoms with Gasteiger partial charge >= 0.3 is 0 Å². The van der Waals surface area contributed by atoms with E-state index in [4.69, 9.17) is 5.11 Å². The van der Waals surface area contributed by atoms with E-state index < -0.39 is 11.2 Å². The standard InChI is InChI=1S/C9H12O.C4H10O/c1-9(2,10)8-6-4-3-5-7-8;1-4(2,3)5/h3-7,10H,1-2H3;5H,1-3H3. The molecule has 86 valence electrons. The van der Waals surface area contributed by atoms with Crippen LogP contribution in [0.5, 0.6) is 0 Å². The molecule has 1 aromatic rings. The fraction of sp³-hybridized carbons (Fsp3) is 0.538. The zero-order valence-corrected chi connectivity index (χ0v) is 10.3. The van der Waals surface area contributed by atoms with Crippen LogP contribution in [0.25, 0.3) is 0 Å². The minimum atomic E-state index is -0.707. The molecule has 0 amide bonds. The Bertz CT molecular complexity index is 259. The first kappa shape index (κ1) is 14.1. The first-order chi connectivity index (χ1) is 6.61. The molecule has 0 saturated carbocycles. The number of rotatable bonds is 1. The summed E-state index contributed by atoms with van der Waals surface area (Å²) < 4.78 is 0. The Morgan fingerprint density at radius 3 is 1.33 bits per heavy atom. The molecular weight excluding hydrogens is 188 g/mol. The highest BCUT2D eigenvalue weighted by Gasteiger charge is 2.13. The molecule has 2 heteroatoms. The minimum Gasteiger partial charge on any atom is -0.391 e. The lowest BCUT2D eigenvalue weighted by Crippen LogP contribution is -2.14. The van der Waals surface area contributed by atoms with Crippen molar-refractivity contribution in [2.75, 3.05) is 0 Å². The number of aliphatic hydroxyl groups is 2. The third-order valence-corrected chi connectivity index (χ3v) is 1.48. The predicted octanol–water partition coefficient (Wildman–Crippen LogP) is 2.69.